The molecule has 5 heterocycles. The Hall–Kier alpha value is -7.35. The second kappa shape index (κ2) is 12.6. The van der Waals surface area contributed by atoms with E-state index in [1.54, 1.807) is 6.20 Å². The Morgan fingerprint density at radius 3 is 2.10 bits per heavy atom. The summed E-state index contributed by atoms with van der Waals surface area (Å²) in [5, 5.41) is 9.83. The highest BCUT2D eigenvalue weighted by atomic mass is 28.3. The Bertz CT molecular complexity index is 3360. The minimum Gasteiger partial charge on any atom is -0.456 e. The number of aromatic nitrogens is 3. The number of para-hydroxylation sites is 3. The maximum Gasteiger partial charge on any atom is 0.191 e. The fraction of sp³-hybridized carbons (Fsp3) is 0.0196. The molecule has 0 radical (unpaired) electrons. The van der Waals surface area contributed by atoms with Gasteiger partial charge in [-0.2, -0.15) is 0 Å². The molecule has 0 N–H and O–H groups in total. The fourth-order valence-corrected chi connectivity index (χ4v) is 14.7. The second-order valence-corrected chi connectivity index (χ2v) is 18.7. The third-order valence-corrected chi connectivity index (χ3v) is 16.9. The van der Waals surface area contributed by atoms with Gasteiger partial charge in [-0.05, 0) is 68.5 Å². The number of imidazole rings is 1. The van der Waals surface area contributed by atoms with Gasteiger partial charge in [-0.1, -0.05) is 140 Å². The predicted octanol–water partition coefficient (Wildman–Crippen LogP) is 10.2. The molecule has 274 valence electrons. The van der Waals surface area contributed by atoms with E-state index in [0.717, 1.165) is 71.6 Å². The molecule has 1 aliphatic heterocycles. The van der Waals surface area contributed by atoms with Gasteiger partial charge in [0.1, 0.15) is 22.6 Å². The van der Waals surface area contributed by atoms with Gasteiger partial charge in [-0.15, -0.1) is 0 Å². The van der Waals surface area contributed by atoms with Crippen molar-refractivity contribution in [2.45, 2.75) is 6.17 Å². The number of hydrogen-bond donors (Lipinski definition) is 0. The van der Waals surface area contributed by atoms with Crippen molar-refractivity contribution in [3.8, 4) is 0 Å². The van der Waals surface area contributed by atoms with Crippen molar-refractivity contribution in [3.63, 3.8) is 0 Å². The molecule has 11 aromatic rings. The number of pyridine rings is 2. The monoisotopic (exact) mass is 764 g/mol. The molecule has 1 atom stereocenters. The average Bonchev–Trinajstić information content (AvgIpc) is 3.95. The van der Waals surface area contributed by atoms with Crippen molar-refractivity contribution in [1.29, 1.82) is 0 Å². The van der Waals surface area contributed by atoms with E-state index in [4.69, 9.17) is 14.4 Å². The molecular formula is C51H33FN4OSi. The Kier molecular flexibility index (Phi) is 7.12. The maximum atomic E-state index is 17.2. The van der Waals surface area contributed by atoms with E-state index in [1.807, 2.05) is 79.1 Å². The molecule has 0 saturated carbocycles. The Morgan fingerprint density at radius 1 is 0.569 bits per heavy atom. The molecular weight excluding hydrogens is 732 g/mol. The molecule has 12 rings (SSSR count). The van der Waals surface area contributed by atoms with Crippen LogP contribution in [0.25, 0.3) is 49.3 Å². The van der Waals surface area contributed by atoms with Gasteiger partial charge < -0.3 is 4.42 Å². The third kappa shape index (κ3) is 4.56. The number of nitrogens with zero attached hydrogens (tertiary/aromatic N) is 4. The normalized spacial score (nSPS) is 14.0. The SMILES string of the molecule is FC(c1cccc(N2c3ccccc3[Si](c3ccccc3)(c3ccccc3)c3c2ncc2c3oc3ccccc32)c1)c1ccc2c3ccccc3n3ccnc3c2c1. The number of halogens is 1. The van der Waals surface area contributed by atoms with Crippen molar-refractivity contribution in [1.82, 2.24) is 14.4 Å². The van der Waals surface area contributed by atoms with Gasteiger partial charge in [0.05, 0.1) is 5.52 Å². The first-order chi connectivity index (χ1) is 28.7. The van der Waals surface area contributed by atoms with Crippen LogP contribution in [-0.4, -0.2) is 22.4 Å². The lowest BCUT2D eigenvalue weighted by Crippen LogP contribution is -2.77. The summed E-state index contributed by atoms with van der Waals surface area (Å²) in [6.07, 6.45) is 4.33. The number of benzene rings is 7. The van der Waals surface area contributed by atoms with E-state index in [0.29, 0.717) is 11.1 Å². The molecule has 0 amide bonds. The molecule has 58 heavy (non-hydrogen) atoms. The van der Waals surface area contributed by atoms with Crippen LogP contribution < -0.4 is 25.6 Å². The highest BCUT2D eigenvalue weighted by Crippen LogP contribution is 2.42. The summed E-state index contributed by atoms with van der Waals surface area (Å²) in [6.45, 7) is 0. The van der Waals surface area contributed by atoms with E-state index in [2.05, 4.69) is 118 Å². The van der Waals surface area contributed by atoms with Crippen molar-refractivity contribution in [2.75, 3.05) is 4.90 Å². The number of rotatable bonds is 5. The van der Waals surface area contributed by atoms with E-state index in [1.165, 1.54) is 15.6 Å². The number of fused-ring (bicyclic) bond motifs is 12. The average molecular weight is 765 g/mol. The zero-order valence-corrected chi connectivity index (χ0v) is 32.1. The first-order valence-electron chi connectivity index (χ1n) is 19.5. The van der Waals surface area contributed by atoms with E-state index < -0.39 is 14.2 Å². The summed E-state index contributed by atoms with van der Waals surface area (Å²) in [7, 11) is -3.11. The van der Waals surface area contributed by atoms with Crippen LogP contribution in [0.4, 0.5) is 21.6 Å². The van der Waals surface area contributed by atoms with Gasteiger partial charge in [0, 0.05) is 56.7 Å². The Labute approximate surface area is 333 Å². The third-order valence-electron chi connectivity index (χ3n) is 12.0. The summed E-state index contributed by atoms with van der Waals surface area (Å²) < 4.78 is 26.2. The summed E-state index contributed by atoms with van der Waals surface area (Å²) in [4.78, 5) is 12.3. The quantitative estimate of drug-likeness (QED) is 0.129. The van der Waals surface area contributed by atoms with Crippen LogP contribution in [0.5, 0.6) is 0 Å². The van der Waals surface area contributed by atoms with Gasteiger partial charge in [0.2, 0.25) is 0 Å². The summed E-state index contributed by atoms with van der Waals surface area (Å²) in [5.41, 5.74) is 6.51. The maximum absolute atomic E-state index is 17.2. The number of hydrogen-bond acceptors (Lipinski definition) is 4. The molecule has 7 aromatic carbocycles. The first kappa shape index (κ1) is 32.8. The molecule has 0 aliphatic carbocycles. The molecule has 7 heteroatoms. The molecule has 1 aliphatic rings. The largest absolute Gasteiger partial charge is 0.456 e. The summed E-state index contributed by atoms with van der Waals surface area (Å²) in [5.74, 6) is 0.788. The van der Waals surface area contributed by atoms with Crippen molar-refractivity contribution in [2.24, 2.45) is 0 Å². The van der Waals surface area contributed by atoms with Crippen molar-refractivity contribution >= 4 is 95.3 Å². The topological polar surface area (TPSA) is 46.6 Å². The van der Waals surface area contributed by atoms with E-state index >= 15 is 4.39 Å². The minimum absolute atomic E-state index is 0.557. The van der Waals surface area contributed by atoms with Gasteiger partial charge in [-0.3, -0.25) is 9.30 Å². The van der Waals surface area contributed by atoms with Crippen LogP contribution >= 0.6 is 0 Å². The van der Waals surface area contributed by atoms with Crippen LogP contribution in [0.1, 0.15) is 17.3 Å². The van der Waals surface area contributed by atoms with Crippen molar-refractivity contribution < 1.29 is 8.81 Å². The summed E-state index contributed by atoms with van der Waals surface area (Å²) >= 11 is 0. The van der Waals surface area contributed by atoms with Crippen LogP contribution in [0.2, 0.25) is 0 Å². The van der Waals surface area contributed by atoms with E-state index in [9.17, 15) is 0 Å². The molecule has 0 saturated heterocycles. The molecule has 4 aromatic heterocycles. The smallest absolute Gasteiger partial charge is 0.191 e. The van der Waals surface area contributed by atoms with Crippen LogP contribution in [0, 0.1) is 0 Å². The van der Waals surface area contributed by atoms with E-state index in [-0.39, 0.29) is 0 Å². The molecule has 5 nitrogen and oxygen atoms in total. The lowest BCUT2D eigenvalue weighted by Gasteiger charge is -2.44. The van der Waals surface area contributed by atoms with Crippen LogP contribution in [0.15, 0.2) is 199 Å². The Balaban J connectivity index is 1.09. The van der Waals surface area contributed by atoms with Gasteiger partial charge >= 0.3 is 0 Å². The number of anilines is 3. The lowest BCUT2D eigenvalue weighted by atomic mass is 9.97. The predicted molar refractivity (Wildman–Crippen MR) is 237 cm³/mol. The molecule has 0 fully saturated rings. The fourth-order valence-electron chi connectivity index (χ4n) is 9.58. The van der Waals surface area contributed by atoms with Gasteiger partial charge in [0.15, 0.2) is 14.2 Å². The number of alkyl halides is 1. The van der Waals surface area contributed by atoms with Crippen LogP contribution in [-0.2, 0) is 0 Å². The highest BCUT2D eigenvalue weighted by molar-refractivity contribution is 7.22. The molecule has 0 spiro atoms. The first-order valence-corrected chi connectivity index (χ1v) is 21.5. The van der Waals surface area contributed by atoms with Gasteiger partial charge in [0.25, 0.3) is 0 Å². The summed E-state index contributed by atoms with van der Waals surface area (Å²) in [6, 6.07) is 60.6. The molecule has 1 unspecified atom stereocenters. The van der Waals surface area contributed by atoms with Crippen molar-refractivity contribution in [3.05, 3.63) is 206 Å². The second-order valence-electron chi connectivity index (χ2n) is 15.0. The minimum atomic E-state index is -3.11. The van der Waals surface area contributed by atoms with Gasteiger partial charge in [-0.25, -0.2) is 14.4 Å². The standard InChI is InChI=1S/C51H33FN4OSi/c52-47(34-26-27-38-39-20-7-9-22-43(39)55-29-28-53-50(55)41(38)31-34)33-14-13-15-35(30-33)56-44-23-10-12-25-46(44)58(36-16-3-1-4-17-36,37-18-5-2-6-19-37)49-48-42(32-54-51(49)56)40-21-8-11-24-45(40)57-48/h1-32,47H. The molecule has 0 bridgehead atoms. The zero-order chi connectivity index (χ0) is 38.4. The highest BCUT2D eigenvalue weighted by Gasteiger charge is 2.51. The lowest BCUT2D eigenvalue weighted by molar-refractivity contribution is 0.402. The zero-order valence-electron chi connectivity index (χ0n) is 31.1. The van der Waals surface area contributed by atoms with Crippen LogP contribution in [0.3, 0.4) is 0 Å². The Morgan fingerprint density at radius 2 is 1.28 bits per heavy atom. The number of furan rings is 1.